The smallest absolute Gasteiger partial charge is 0.239 e. The molecule has 0 aromatic rings. The average molecular weight is 453 g/mol. The summed E-state index contributed by atoms with van der Waals surface area (Å²) >= 11 is 0. The van der Waals surface area contributed by atoms with Crippen molar-refractivity contribution in [2.75, 3.05) is 33.2 Å². The Kier molecular flexibility index (Phi) is 10.9. The van der Waals surface area contributed by atoms with E-state index in [2.05, 4.69) is 39.7 Å². The Balaban J connectivity index is 0.00000529. The van der Waals surface area contributed by atoms with E-state index in [1.807, 2.05) is 20.8 Å². The number of nitrogens with one attached hydrogen (secondary N) is 3. The molecular formula is C17H36IN5O. The highest BCUT2D eigenvalue weighted by Crippen LogP contribution is 2.17. The fourth-order valence-electron chi connectivity index (χ4n) is 2.85. The van der Waals surface area contributed by atoms with Crippen LogP contribution in [-0.4, -0.2) is 61.6 Å². The number of nitrogens with zero attached hydrogens (tertiary/aromatic N) is 2. The van der Waals surface area contributed by atoms with Gasteiger partial charge in [0.15, 0.2) is 5.96 Å². The summed E-state index contributed by atoms with van der Waals surface area (Å²) in [6, 6.07) is 0.458. The lowest BCUT2D eigenvalue weighted by atomic mass is 9.99. The second kappa shape index (κ2) is 11.1. The number of rotatable bonds is 5. The Morgan fingerprint density at radius 3 is 2.54 bits per heavy atom. The number of piperidine rings is 1. The van der Waals surface area contributed by atoms with E-state index in [0.717, 1.165) is 12.5 Å². The second-order valence-electron chi connectivity index (χ2n) is 7.70. The molecule has 0 aliphatic carbocycles. The fourth-order valence-corrected chi connectivity index (χ4v) is 2.85. The number of aliphatic imine (C=N–C) groups is 1. The highest BCUT2D eigenvalue weighted by Gasteiger charge is 2.21. The zero-order chi connectivity index (χ0) is 17.5. The number of carbonyl (C=O) groups is 1. The SMILES string of the molecule is CN=C(NCC(=O)NC(C)(C)C)NCC(C)N1CCCC(C)C1.I. The molecule has 0 aromatic carbocycles. The van der Waals surface area contributed by atoms with Crippen LogP contribution in [0.5, 0.6) is 0 Å². The molecule has 6 nitrogen and oxygen atoms in total. The Labute approximate surface area is 164 Å². The van der Waals surface area contributed by atoms with Crippen molar-refractivity contribution in [1.82, 2.24) is 20.9 Å². The van der Waals surface area contributed by atoms with Crippen molar-refractivity contribution in [2.24, 2.45) is 10.9 Å². The van der Waals surface area contributed by atoms with E-state index >= 15 is 0 Å². The summed E-state index contributed by atoms with van der Waals surface area (Å²) in [7, 11) is 1.73. The molecule has 142 valence electrons. The van der Waals surface area contributed by atoms with Gasteiger partial charge in [-0.3, -0.25) is 14.7 Å². The summed E-state index contributed by atoms with van der Waals surface area (Å²) in [4.78, 5) is 18.5. The molecule has 7 heteroatoms. The molecule has 0 aromatic heterocycles. The summed E-state index contributed by atoms with van der Waals surface area (Å²) in [5.74, 6) is 1.43. The van der Waals surface area contributed by atoms with E-state index in [0.29, 0.717) is 12.0 Å². The number of hydrogen-bond acceptors (Lipinski definition) is 3. The number of hydrogen-bond donors (Lipinski definition) is 3. The molecule has 1 heterocycles. The van der Waals surface area contributed by atoms with Gasteiger partial charge in [-0.05, 0) is 53.0 Å². The van der Waals surface area contributed by atoms with Crippen molar-refractivity contribution in [3.63, 3.8) is 0 Å². The van der Waals surface area contributed by atoms with Crippen LogP contribution in [0, 0.1) is 5.92 Å². The first-order valence-corrected chi connectivity index (χ1v) is 8.71. The number of guanidine groups is 1. The maximum atomic E-state index is 11.8. The van der Waals surface area contributed by atoms with Crippen LogP contribution in [-0.2, 0) is 4.79 Å². The lowest BCUT2D eigenvalue weighted by molar-refractivity contribution is -0.121. The van der Waals surface area contributed by atoms with Crippen LogP contribution in [0.3, 0.4) is 0 Å². The van der Waals surface area contributed by atoms with Gasteiger partial charge in [0, 0.05) is 31.7 Å². The van der Waals surface area contributed by atoms with Crippen LogP contribution in [0.4, 0.5) is 0 Å². The summed E-state index contributed by atoms with van der Waals surface area (Å²) in [6.45, 7) is 13.9. The average Bonchev–Trinajstić information content (AvgIpc) is 2.45. The first-order valence-electron chi connectivity index (χ1n) is 8.71. The molecule has 0 spiro atoms. The van der Waals surface area contributed by atoms with E-state index in [-0.39, 0.29) is 42.0 Å². The Morgan fingerprint density at radius 1 is 1.33 bits per heavy atom. The topological polar surface area (TPSA) is 68.8 Å². The van der Waals surface area contributed by atoms with E-state index in [1.165, 1.54) is 25.9 Å². The molecule has 1 aliphatic heterocycles. The van der Waals surface area contributed by atoms with Gasteiger partial charge in [0.1, 0.15) is 0 Å². The summed E-state index contributed by atoms with van der Waals surface area (Å²) < 4.78 is 0. The molecule has 0 radical (unpaired) electrons. The molecule has 24 heavy (non-hydrogen) atoms. The molecule has 2 unspecified atom stereocenters. The first-order chi connectivity index (χ1) is 10.7. The van der Waals surface area contributed by atoms with Gasteiger partial charge in [-0.1, -0.05) is 6.92 Å². The third kappa shape index (κ3) is 9.66. The molecule has 1 aliphatic rings. The van der Waals surface area contributed by atoms with Gasteiger partial charge in [0.25, 0.3) is 0 Å². The standard InChI is InChI=1S/C17H35N5O.HI/c1-13-8-7-9-22(12-13)14(2)10-19-16(18-6)20-11-15(23)21-17(3,4)5;/h13-14H,7-12H2,1-6H3,(H,21,23)(H2,18,19,20);1H. The lowest BCUT2D eigenvalue weighted by Gasteiger charge is -2.35. The summed E-state index contributed by atoms with van der Waals surface area (Å²) in [6.07, 6.45) is 2.62. The quantitative estimate of drug-likeness (QED) is 0.338. The third-order valence-electron chi connectivity index (χ3n) is 4.03. The minimum atomic E-state index is -0.213. The second-order valence-corrected chi connectivity index (χ2v) is 7.70. The summed E-state index contributed by atoms with van der Waals surface area (Å²) in [5.41, 5.74) is -0.213. The molecule has 2 atom stereocenters. The molecule has 1 saturated heterocycles. The van der Waals surface area contributed by atoms with E-state index in [4.69, 9.17) is 0 Å². The van der Waals surface area contributed by atoms with Gasteiger partial charge in [-0.15, -0.1) is 24.0 Å². The van der Waals surface area contributed by atoms with Gasteiger partial charge < -0.3 is 16.0 Å². The predicted octanol–water partition coefficient (Wildman–Crippen LogP) is 1.80. The first kappa shape index (κ1) is 23.4. The van der Waals surface area contributed by atoms with E-state index in [9.17, 15) is 4.79 Å². The van der Waals surface area contributed by atoms with Gasteiger partial charge in [0.05, 0.1) is 6.54 Å². The largest absolute Gasteiger partial charge is 0.355 e. The number of halogens is 1. The maximum absolute atomic E-state index is 11.8. The van der Waals surface area contributed by atoms with Crippen molar-refractivity contribution >= 4 is 35.8 Å². The molecular weight excluding hydrogens is 417 g/mol. The van der Waals surface area contributed by atoms with Crippen LogP contribution in [0.25, 0.3) is 0 Å². The minimum absolute atomic E-state index is 0. The van der Waals surface area contributed by atoms with Gasteiger partial charge in [-0.25, -0.2) is 0 Å². The number of carbonyl (C=O) groups excluding carboxylic acids is 1. The highest BCUT2D eigenvalue weighted by molar-refractivity contribution is 14.0. The maximum Gasteiger partial charge on any atom is 0.239 e. The Morgan fingerprint density at radius 2 is 2.00 bits per heavy atom. The monoisotopic (exact) mass is 453 g/mol. The minimum Gasteiger partial charge on any atom is -0.355 e. The van der Waals surface area contributed by atoms with Crippen molar-refractivity contribution < 1.29 is 4.79 Å². The fraction of sp³-hybridized carbons (Fsp3) is 0.882. The van der Waals surface area contributed by atoms with Crippen LogP contribution in [0.15, 0.2) is 4.99 Å². The third-order valence-corrected chi connectivity index (χ3v) is 4.03. The van der Waals surface area contributed by atoms with Crippen molar-refractivity contribution in [2.45, 2.75) is 59.0 Å². The van der Waals surface area contributed by atoms with Crippen LogP contribution < -0.4 is 16.0 Å². The van der Waals surface area contributed by atoms with Gasteiger partial charge in [0.2, 0.25) is 5.91 Å². The van der Waals surface area contributed by atoms with Crippen molar-refractivity contribution in [3.8, 4) is 0 Å². The lowest BCUT2D eigenvalue weighted by Crippen LogP contribution is -2.51. The molecule has 3 N–H and O–H groups in total. The molecule has 0 bridgehead atoms. The van der Waals surface area contributed by atoms with Gasteiger partial charge in [-0.2, -0.15) is 0 Å². The highest BCUT2D eigenvalue weighted by atomic mass is 127. The van der Waals surface area contributed by atoms with Crippen molar-refractivity contribution in [1.29, 1.82) is 0 Å². The molecule has 1 fully saturated rings. The van der Waals surface area contributed by atoms with Crippen molar-refractivity contribution in [3.05, 3.63) is 0 Å². The zero-order valence-electron chi connectivity index (χ0n) is 16.1. The van der Waals surface area contributed by atoms with E-state index < -0.39 is 0 Å². The van der Waals surface area contributed by atoms with Crippen LogP contribution in [0.2, 0.25) is 0 Å². The Bertz CT molecular complexity index is 408. The number of amides is 1. The Hall–Kier alpha value is -0.570. The predicted molar refractivity (Wildman–Crippen MR) is 112 cm³/mol. The van der Waals surface area contributed by atoms with Gasteiger partial charge >= 0.3 is 0 Å². The summed E-state index contributed by atoms with van der Waals surface area (Å²) in [5, 5.41) is 9.31. The van der Waals surface area contributed by atoms with Crippen LogP contribution >= 0.6 is 24.0 Å². The zero-order valence-corrected chi connectivity index (χ0v) is 18.4. The molecule has 0 saturated carbocycles. The molecule has 1 rings (SSSR count). The normalized spacial score (nSPS) is 20.8. The van der Waals surface area contributed by atoms with E-state index in [1.54, 1.807) is 7.05 Å². The number of likely N-dealkylation sites (tertiary alicyclic amines) is 1. The molecule has 1 amide bonds. The van der Waals surface area contributed by atoms with Crippen LogP contribution in [0.1, 0.15) is 47.5 Å².